The molecule has 1 aliphatic carbocycles. The van der Waals surface area contributed by atoms with Crippen molar-refractivity contribution in [3.8, 4) is 11.1 Å². The zero-order valence-electron chi connectivity index (χ0n) is 23.3. The Morgan fingerprint density at radius 1 is 0.622 bits per heavy atom. The van der Waals surface area contributed by atoms with Gasteiger partial charge in [0.1, 0.15) is 0 Å². The van der Waals surface area contributed by atoms with E-state index in [9.17, 15) is 39.9 Å². The van der Waals surface area contributed by atoms with E-state index in [4.69, 9.17) is 0 Å². The topological polar surface area (TPSA) is 176 Å². The highest BCUT2D eigenvalue weighted by molar-refractivity contribution is 6.25. The number of carbonyl (C=O) groups is 2. The average molecular weight is 601 g/mol. The monoisotopic (exact) mass is 600 g/mol. The summed E-state index contributed by atoms with van der Waals surface area (Å²) >= 11 is 0. The van der Waals surface area contributed by atoms with Crippen molar-refractivity contribution in [1.82, 2.24) is 0 Å². The number of nitrogens with one attached hydrogen (secondary N) is 1. The molecule has 0 spiro atoms. The Kier molecular flexibility index (Phi) is 6.94. The maximum absolute atomic E-state index is 12.3. The summed E-state index contributed by atoms with van der Waals surface area (Å²) in [6.07, 6.45) is 0. The predicted octanol–water partition coefficient (Wildman–Crippen LogP) is 7.73. The van der Waals surface area contributed by atoms with Crippen LogP contribution in [0, 0.1) is 30.3 Å². The van der Waals surface area contributed by atoms with Gasteiger partial charge in [-0.2, -0.15) is 0 Å². The minimum atomic E-state index is -0.841. The number of rotatable bonds is 4. The third-order valence-corrected chi connectivity index (χ3v) is 7.54. The molecule has 0 unspecified atom stereocenters. The molecular formula is C33H20N4O8. The van der Waals surface area contributed by atoms with Crippen LogP contribution >= 0.6 is 0 Å². The van der Waals surface area contributed by atoms with Crippen LogP contribution in [0.2, 0.25) is 0 Å². The zero-order valence-corrected chi connectivity index (χ0v) is 23.3. The van der Waals surface area contributed by atoms with Crippen LogP contribution in [0.25, 0.3) is 43.4 Å². The molecule has 0 aliphatic heterocycles. The molecule has 220 valence electrons. The molecule has 0 saturated carbocycles. The molecule has 7 rings (SSSR count). The van der Waals surface area contributed by atoms with Gasteiger partial charge in [-0.3, -0.25) is 39.9 Å². The minimum absolute atomic E-state index is 0.0512. The van der Waals surface area contributed by atoms with Crippen molar-refractivity contribution < 1.29 is 24.4 Å². The number of nitro groups is 3. The molecule has 12 heteroatoms. The SMILES string of the molecule is CC(=O)Nc1cc2ccccc2c2c1ccc1ccccc12.O=C1c2cc([N+](=O)[O-])ccc2-c2c1cc([N+](=O)[O-])cc2[N+](=O)[O-]. The lowest BCUT2D eigenvalue weighted by Crippen LogP contribution is -2.06. The molecule has 0 heterocycles. The molecule has 1 aliphatic rings. The molecule has 0 saturated heterocycles. The van der Waals surface area contributed by atoms with Gasteiger partial charge in [0.2, 0.25) is 5.91 Å². The first-order chi connectivity index (χ1) is 21.5. The molecule has 0 bridgehead atoms. The third kappa shape index (κ3) is 4.95. The second kappa shape index (κ2) is 10.9. The first-order valence-electron chi connectivity index (χ1n) is 13.5. The van der Waals surface area contributed by atoms with E-state index < -0.39 is 31.9 Å². The Morgan fingerprint density at radius 3 is 1.89 bits per heavy atom. The maximum Gasteiger partial charge on any atom is 0.284 e. The number of nitro benzene ring substituents is 3. The molecule has 0 radical (unpaired) electrons. The number of ketones is 1. The quantitative estimate of drug-likeness (QED) is 0.121. The van der Waals surface area contributed by atoms with Gasteiger partial charge in [0.15, 0.2) is 5.78 Å². The molecule has 6 aromatic rings. The Bertz CT molecular complexity index is 2280. The van der Waals surface area contributed by atoms with Gasteiger partial charge in [0.25, 0.3) is 17.1 Å². The molecule has 6 aromatic carbocycles. The first-order valence-corrected chi connectivity index (χ1v) is 13.5. The lowest BCUT2D eigenvalue weighted by Gasteiger charge is -2.13. The first kappa shape index (κ1) is 28.6. The van der Waals surface area contributed by atoms with Crippen molar-refractivity contribution in [3.63, 3.8) is 0 Å². The van der Waals surface area contributed by atoms with Crippen molar-refractivity contribution in [2.45, 2.75) is 6.92 Å². The molecular weight excluding hydrogens is 580 g/mol. The molecule has 1 amide bonds. The molecule has 0 aromatic heterocycles. The summed E-state index contributed by atoms with van der Waals surface area (Å²) in [4.78, 5) is 54.4. The second-order valence-corrected chi connectivity index (χ2v) is 10.3. The largest absolute Gasteiger partial charge is 0.326 e. The maximum atomic E-state index is 12.3. The third-order valence-electron chi connectivity index (χ3n) is 7.54. The molecule has 1 N–H and O–H groups in total. The van der Waals surface area contributed by atoms with Crippen molar-refractivity contribution >= 4 is 66.8 Å². The van der Waals surface area contributed by atoms with E-state index in [1.165, 1.54) is 27.6 Å². The summed E-state index contributed by atoms with van der Waals surface area (Å²) in [5.41, 5.74) is -0.859. The fraction of sp³-hybridized carbons (Fsp3) is 0.0303. The van der Waals surface area contributed by atoms with Gasteiger partial charge in [-0.25, -0.2) is 0 Å². The normalized spacial score (nSPS) is 11.4. The molecule has 45 heavy (non-hydrogen) atoms. The van der Waals surface area contributed by atoms with Gasteiger partial charge in [-0.05, 0) is 39.1 Å². The standard InChI is InChI=1S/C20H15NO.C13H5N3O7/c1-13(22)21-19-12-15-7-3-5-9-17(15)20-16-8-4-2-6-14(16)10-11-18(19)20;17-13-9-3-6(14(18)19)1-2-8(9)12-10(13)4-7(15(20)21)5-11(12)16(22)23/h2-12H,1H3,(H,21,22);1-5H. The van der Waals surface area contributed by atoms with E-state index in [-0.39, 0.29) is 33.8 Å². The molecule has 0 fully saturated rings. The summed E-state index contributed by atoms with van der Waals surface area (Å²) < 4.78 is 0. The van der Waals surface area contributed by atoms with Crippen molar-refractivity contribution in [3.05, 3.63) is 139 Å². The van der Waals surface area contributed by atoms with Crippen LogP contribution in [0.3, 0.4) is 0 Å². The highest BCUT2D eigenvalue weighted by Crippen LogP contribution is 2.45. The zero-order chi connectivity index (χ0) is 32.0. The van der Waals surface area contributed by atoms with E-state index in [0.717, 1.165) is 40.7 Å². The Labute approximate surface area is 253 Å². The van der Waals surface area contributed by atoms with Gasteiger partial charge >= 0.3 is 0 Å². The summed E-state index contributed by atoms with van der Waals surface area (Å²) in [5.74, 6) is -0.768. The predicted molar refractivity (Wildman–Crippen MR) is 169 cm³/mol. The molecule has 0 atom stereocenters. The van der Waals surface area contributed by atoms with Crippen LogP contribution in [0.15, 0.2) is 97.1 Å². The van der Waals surface area contributed by atoms with Crippen molar-refractivity contribution in [2.24, 2.45) is 0 Å². The van der Waals surface area contributed by atoms with E-state index >= 15 is 0 Å². The highest BCUT2D eigenvalue weighted by atomic mass is 16.6. The van der Waals surface area contributed by atoms with Crippen molar-refractivity contribution in [2.75, 3.05) is 5.32 Å². The lowest BCUT2D eigenvalue weighted by atomic mass is 9.95. The van der Waals surface area contributed by atoms with E-state index in [1.54, 1.807) is 6.92 Å². The minimum Gasteiger partial charge on any atom is -0.326 e. The summed E-state index contributed by atoms with van der Waals surface area (Å²) in [5, 5.41) is 42.9. The number of carbonyl (C=O) groups excluding carboxylic acids is 2. The smallest absolute Gasteiger partial charge is 0.284 e. The number of anilines is 1. The fourth-order valence-corrected chi connectivity index (χ4v) is 5.68. The van der Waals surface area contributed by atoms with Gasteiger partial charge in [0, 0.05) is 52.9 Å². The van der Waals surface area contributed by atoms with Crippen LogP contribution in [0.5, 0.6) is 0 Å². The Morgan fingerprint density at radius 2 is 1.24 bits per heavy atom. The number of amides is 1. The van der Waals surface area contributed by atoms with E-state index in [1.807, 2.05) is 18.2 Å². The number of non-ortho nitro benzene ring substituents is 2. The van der Waals surface area contributed by atoms with Gasteiger partial charge in [-0.1, -0.05) is 60.7 Å². The van der Waals surface area contributed by atoms with Crippen LogP contribution < -0.4 is 5.32 Å². The van der Waals surface area contributed by atoms with Gasteiger partial charge in [0.05, 0.1) is 26.4 Å². The number of benzene rings is 6. The highest BCUT2D eigenvalue weighted by Gasteiger charge is 2.37. The van der Waals surface area contributed by atoms with Crippen molar-refractivity contribution in [1.29, 1.82) is 0 Å². The second-order valence-electron chi connectivity index (χ2n) is 10.3. The van der Waals surface area contributed by atoms with Gasteiger partial charge in [-0.15, -0.1) is 0 Å². The van der Waals surface area contributed by atoms with Crippen LogP contribution in [-0.2, 0) is 4.79 Å². The summed E-state index contributed by atoms with van der Waals surface area (Å²) in [6.45, 7) is 1.54. The molecule has 12 nitrogen and oxygen atoms in total. The lowest BCUT2D eigenvalue weighted by molar-refractivity contribution is -0.393. The van der Waals surface area contributed by atoms with Crippen LogP contribution in [-0.4, -0.2) is 26.5 Å². The summed E-state index contributed by atoms with van der Waals surface area (Å²) in [6, 6.07) is 28.0. The van der Waals surface area contributed by atoms with Gasteiger partial charge < -0.3 is 5.32 Å². The van der Waals surface area contributed by atoms with Crippen LogP contribution in [0.4, 0.5) is 22.7 Å². The Balaban J connectivity index is 0.000000159. The average Bonchev–Trinajstić information content (AvgIpc) is 3.31. The number of hydrogen-bond acceptors (Lipinski definition) is 8. The van der Waals surface area contributed by atoms with Crippen LogP contribution in [0.1, 0.15) is 22.8 Å². The number of hydrogen-bond donors (Lipinski definition) is 1. The number of fused-ring (bicyclic) bond motifs is 8. The van der Waals surface area contributed by atoms with E-state index in [2.05, 4.69) is 53.8 Å². The fourth-order valence-electron chi connectivity index (χ4n) is 5.68. The Hall–Kier alpha value is -6.56. The summed E-state index contributed by atoms with van der Waals surface area (Å²) in [7, 11) is 0. The van der Waals surface area contributed by atoms with E-state index in [0.29, 0.717) is 0 Å². The number of nitrogens with zero attached hydrogens (tertiary/aromatic N) is 3.